The molecule has 1 N–H and O–H groups in total. The van der Waals surface area contributed by atoms with Gasteiger partial charge in [-0.1, -0.05) is 42.8 Å². The SMILES string of the molecule is COC(=O)c1ccc(OCC=Cc2ccc(OCCCCOc3ccccc3)cc2)c(C(=O)NC2CCCC(C(=O)OC)C2)c1. The second-order valence-corrected chi connectivity index (χ2v) is 10.8. The molecule has 1 saturated carbocycles. The second-order valence-electron chi connectivity index (χ2n) is 10.8. The number of esters is 2. The number of hydrogen-bond donors (Lipinski definition) is 1. The number of nitrogens with one attached hydrogen (secondary N) is 1. The highest BCUT2D eigenvalue weighted by Gasteiger charge is 2.29. The van der Waals surface area contributed by atoms with Crippen LogP contribution in [-0.2, 0) is 14.3 Å². The Balaban J connectivity index is 1.26. The molecule has 0 aliphatic heterocycles. The van der Waals surface area contributed by atoms with E-state index in [4.69, 9.17) is 23.7 Å². The van der Waals surface area contributed by atoms with Crippen molar-refractivity contribution in [3.05, 3.63) is 95.6 Å². The molecule has 1 aliphatic carbocycles. The molecule has 3 aromatic rings. The normalized spacial score (nSPS) is 16.0. The van der Waals surface area contributed by atoms with E-state index in [1.54, 1.807) is 12.1 Å². The number of carbonyl (C=O) groups is 3. The third-order valence-corrected chi connectivity index (χ3v) is 7.53. The number of rotatable bonds is 15. The van der Waals surface area contributed by atoms with Crippen LogP contribution in [0.3, 0.4) is 0 Å². The second kappa shape index (κ2) is 17.5. The summed E-state index contributed by atoms with van der Waals surface area (Å²) in [6, 6.07) is 22.0. The predicted octanol–water partition coefficient (Wildman–Crippen LogP) is 6.27. The lowest BCUT2D eigenvalue weighted by Gasteiger charge is -2.28. The fourth-order valence-corrected chi connectivity index (χ4v) is 5.14. The topological polar surface area (TPSA) is 109 Å². The number of hydrogen-bond acceptors (Lipinski definition) is 8. The highest BCUT2D eigenvalue weighted by Crippen LogP contribution is 2.27. The summed E-state index contributed by atoms with van der Waals surface area (Å²) in [4.78, 5) is 37.5. The van der Waals surface area contributed by atoms with Crippen molar-refractivity contribution in [2.45, 2.75) is 44.6 Å². The molecule has 9 heteroatoms. The number of unbranched alkanes of at least 4 members (excludes halogenated alkanes) is 1. The van der Waals surface area contributed by atoms with Crippen LogP contribution in [0.15, 0.2) is 78.9 Å². The molecule has 1 fully saturated rings. The summed E-state index contributed by atoms with van der Waals surface area (Å²) in [6.07, 6.45) is 8.35. The number of benzene rings is 3. The zero-order chi connectivity index (χ0) is 31.9. The monoisotopic (exact) mass is 615 g/mol. The van der Waals surface area contributed by atoms with E-state index in [9.17, 15) is 14.4 Å². The largest absolute Gasteiger partial charge is 0.494 e. The Kier molecular flexibility index (Phi) is 12.9. The van der Waals surface area contributed by atoms with E-state index in [1.807, 2.05) is 66.7 Å². The molecule has 0 saturated heterocycles. The number of methoxy groups -OCH3 is 2. The summed E-state index contributed by atoms with van der Waals surface area (Å²) in [5.41, 5.74) is 1.43. The van der Waals surface area contributed by atoms with E-state index in [0.29, 0.717) is 25.4 Å². The number of amides is 1. The number of ether oxygens (including phenoxy) is 5. The molecule has 2 unspecified atom stereocenters. The van der Waals surface area contributed by atoms with Gasteiger partial charge in [0, 0.05) is 6.04 Å². The Morgan fingerprint density at radius 2 is 1.53 bits per heavy atom. The molecule has 1 aliphatic rings. The molecule has 0 spiro atoms. The fourth-order valence-electron chi connectivity index (χ4n) is 5.14. The minimum atomic E-state index is -0.552. The minimum absolute atomic E-state index is 0.189. The van der Waals surface area contributed by atoms with Crippen LogP contribution in [0.25, 0.3) is 6.08 Å². The Morgan fingerprint density at radius 3 is 2.22 bits per heavy atom. The van der Waals surface area contributed by atoms with Gasteiger partial charge in [0.1, 0.15) is 23.9 Å². The quantitative estimate of drug-likeness (QED) is 0.158. The summed E-state index contributed by atoms with van der Waals surface area (Å²) >= 11 is 0. The molecule has 238 valence electrons. The minimum Gasteiger partial charge on any atom is -0.494 e. The van der Waals surface area contributed by atoms with E-state index in [-0.39, 0.29) is 41.6 Å². The van der Waals surface area contributed by atoms with Crippen molar-refractivity contribution in [1.29, 1.82) is 0 Å². The standard InChI is InChI=1S/C36H41NO8/c1-41-35(39)27-11-8-12-29(24-27)37-34(38)32-25-28(36(40)42-2)17-20-33(32)45-23-9-10-26-15-18-31(19-16-26)44-22-7-6-21-43-30-13-4-3-5-14-30/h3-5,9-10,13-20,25,27,29H,6-8,11-12,21-24H2,1-2H3,(H,37,38). The first-order valence-corrected chi connectivity index (χ1v) is 15.3. The van der Waals surface area contributed by atoms with Crippen LogP contribution in [0.1, 0.15) is 64.8 Å². The van der Waals surface area contributed by atoms with Crippen molar-refractivity contribution in [3.63, 3.8) is 0 Å². The van der Waals surface area contributed by atoms with Gasteiger partial charge in [-0.15, -0.1) is 0 Å². The Hall–Kier alpha value is -4.79. The first-order chi connectivity index (χ1) is 22.0. The third kappa shape index (κ3) is 10.4. The summed E-state index contributed by atoms with van der Waals surface area (Å²) in [7, 11) is 2.66. The van der Waals surface area contributed by atoms with Crippen LogP contribution in [0, 0.1) is 5.92 Å². The van der Waals surface area contributed by atoms with Gasteiger partial charge in [-0.3, -0.25) is 9.59 Å². The lowest BCUT2D eigenvalue weighted by atomic mass is 9.85. The smallest absolute Gasteiger partial charge is 0.337 e. The van der Waals surface area contributed by atoms with Crippen LogP contribution < -0.4 is 19.5 Å². The van der Waals surface area contributed by atoms with Crippen molar-refractivity contribution in [2.24, 2.45) is 5.92 Å². The molecule has 0 bridgehead atoms. The van der Waals surface area contributed by atoms with Gasteiger partial charge >= 0.3 is 11.9 Å². The summed E-state index contributed by atoms with van der Waals surface area (Å²) in [6.45, 7) is 1.46. The van der Waals surface area contributed by atoms with Crippen LogP contribution in [0.4, 0.5) is 0 Å². The molecule has 0 aromatic heterocycles. The third-order valence-electron chi connectivity index (χ3n) is 7.53. The molecule has 4 rings (SSSR count). The van der Waals surface area contributed by atoms with Crippen molar-refractivity contribution in [3.8, 4) is 17.2 Å². The molecular formula is C36H41NO8. The van der Waals surface area contributed by atoms with Crippen molar-refractivity contribution >= 4 is 23.9 Å². The molecule has 0 radical (unpaired) electrons. The molecular weight excluding hydrogens is 574 g/mol. The summed E-state index contributed by atoms with van der Waals surface area (Å²) < 4.78 is 27.2. The van der Waals surface area contributed by atoms with Gasteiger partial charge in [-0.25, -0.2) is 4.79 Å². The number of para-hydroxylation sites is 1. The lowest BCUT2D eigenvalue weighted by Crippen LogP contribution is -2.40. The molecule has 9 nitrogen and oxygen atoms in total. The van der Waals surface area contributed by atoms with Gasteiger partial charge < -0.3 is 29.0 Å². The first-order valence-electron chi connectivity index (χ1n) is 15.3. The van der Waals surface area contributed by atoms with Crippen LogP contribution in [-0.4, -0.2) is 57.9 Å². The van der Waals surface area contributed by atoms with Crippen molar-refractivity contribution < 1.29 is 38.1 Å². The van der Waals surface area contributed by atoms with Crippen LogP contribution in [0.5, 0.6) is 17.2 Å². The van der Waals surface area contributed by atoms with E-state index < -0.39 is 5.97 Å². The maximum Gasteiger partial charge on any atom is 0.337 e. The van der Waals surface area contributed by atoms with Crippen molar-refractivity contribution in [1.82, 2.24) is 5.32 Å². The van der Waals surface area contributed by atoms with E-state index >= 15 is 0 Å². The first kappa shape index (κ1) is 33.1. The van der Waals surface area contributed by atoms with Gasteiger partial charge in [0.25, 0.3) is 5.91 Å². The zero-order valence-electron chi connectivity index (χ0n) is 25.9. The molecule has 1 amide bonds. The predicted molar refractivity (Wildman–Crippen MR) is 171 cm³/mol. The van der Waals surface area contributed by atoms with Crippen LogP contribution >= 0.6 is 0 Å². The Bertz CT molecular complexity index is 1420. The zero-order valence-corrected chi connectivity index (χ0v) is 25.9. The van der Waals surface area contributed by atoms with Gasteiger partial charge in [0.2, 0.25) is 0 Å². The average Bonchev–Trinajstić information content (AvgIpc) is 3.08. The van der Waals surface area contributed by atoms with Crippen molar-refractivity contribution in [2.75, 3.05) is 34.0 Å². The van der Waals surface area contributed by atoms with Gasteiger partial charge in [-0.2, -0.15) is 0 Å². The summed E-state index contributed by atoms with van der Waals surface area (Å²) in [5, 5.41) is 3.01. The van der Waals surface area contributed by atoms with E-state index in [0.717, 1.165) is 49.2 Å². The number of carbonyl (C=O) groups excluding carboxylic acids is 3. The molecule has 2 atom stereocenters. The van der Waals surface area contributed by atoms with Gasteiger partial charge in [0.15, 0.2) is 0 Å². The fraction of sp³-hybridized carbons (Fsp3) is 0.361. The maximum absolute atomic E-state index is 13.3. The van der Waals surface area contributed by atoms with Gasteiger partial charge in [-0.05, 0) is 86.2 Å². The van der Waals surface area contributed by atoms with Crippen LogP contribution in [0.2, 0.25) is 0 Å². The van der Waals surface area contributed by atoms with Gasteiger partial charge in [0.05, 0.1) is 44.5 Å². The molecule has 45 heavy (non-hydrogen) atoms. The van der Waals surface area contributed by atoms with E-state index in [2.05, 4.69) is 5.32 Å². The average molecular weight is 616 g/mol. The Morgan fingerprint density at radius 1 is 0.822 bits per heavy atom. The molecule has 3 aromatic carbocycles. The lowest BCUT2D eigenvalue weighted by molar-refractivity contribution is -0.146. The summed E-state index contributed by atoms with van der Waals surface area (Å²) in [5.74, 6) is 0.564. The highest BCUT2D eigenvalue weighted by atomic mass is 16.5. The Labute approximate surface area is 264 Å². The maximum atomic E-state index is 13.3. The highest BCUT2D eigenvalue weighted by molar-refractivity contribution is 6.00. The van der Waals surface area contributed by atoms with E-state index in [1.165, 1.54) is 20.3 Å². The molecule has 0 heterocycles.